The zero-order valence-electron chi connectivity index (χ0n) is 12.6. The fraction of sp³-hybridized carbons (Fsp3) is 0.333. The lowest BCUT2D eigenvalue weighted by Gasteiger charge is -2.40. The molecule has 0 amide bonds. The van der Waals surface area contributed by atoms with Gasteiger partial charge in [-0.15, -0.1) is 0 Å². The molecule has 21 heavy (non-hydrogen) atoms. The number of hydrogen-bond donors (Lipinski definition) is 0. The summed E-state index contributed by atoms with van der Waals surface area (Å²) in [6.45, 7) is 2.37. The highest BCUT2D eigenvalue weighted by Gasteiger charge is 2.37. The Kier molecular flexibility index (Phi) is 4.06. The molecule has 0 spiro atoms. The van der Waals surface area contributed by atoms with E-state index in [1.54, 1.807) is 7.11 Å². The molecule has 2 aromatic carbocycles. The predicted molar refractivity (Wildman–Crippen MR) is 84.0 cm³/mol. The topological polar surface area (TPSA) is 21.7 Å². The Morgan fingerprint density at radius 2 is 1.67 bits per heavy atom. The Morgan fingerprint density at radius 3 is 2.29 bits per heavy atom. The van der Waals surface area contributed by atoms with Crippen LogP contribution in [0.3, 0.4) is 0 Å². The van der Waals surface area contributed by atoms with Crippen molar-refractivity contribution in [2.45, 2.75) is 5.79 Å². The third-order valence-electron chi connectivity index (χ3n) is 4.05. The first-order chi connectivity index (χ1) is 10.2. The lowest BCUT2D eigenvalue weighted by molar-refractivity contribution is -0.261. The Labute approximate surface area is 126 Å². The molecule has 3 nitrogen and oxygen atoms in total. The van der Waals surface area contributed by atoms with Crippen LogP contribution < -0.4 is 0 Å². The lowest BCUT2D eigenvalue weighted by Crippen LogP contribution is -2.49. The Morgan fingerprint density at radius 1 is 1.00 bits per heavy atom. The molecule has 0 bridgehead atoms. The van der Waals surface area contributed by atoms with Crippen molar-refractivity contribution < 1.29 is 9.47 Å². The minimum atomic E-state index is -0.651. The molecule has 1 aliphatic heterocycles. The van der Waals surface area contributed by atoms with Gasteiger partial charge >= 0.3 is 0 Å². The van der Waals surface area contributed by atoms with E-state index < -0.39 is 5.79 Å². The Hall–Kier alpha value is -1.68. The van der Waals surface area contributed by atoms with Crippen LogP contribution in [0.2, 0.25) is 0 Å². The lowest BCUT2D eigenvalue weighted by atomic mass is 9.99. The highest BCUT2D eigenvalue weighted by molar-refractivity contribution is 5.63. The van der Waals surface area contributed by atoms with Crippen LogP contribution in [0.25, 0.3) is 11.1 Å². The van der Waals surface area contributed by atoms with Crippen LogP contribution in [0.1, 0.15) is 5.56 Å². The zero-order chi connectivity index (χ0) is 14.7. The first-order valence-electron chi connectivity index (χ1n) is 7.27. The van der Waals surface area contributed by atoms with Crippen molar-refractivity contribution in [1.29, 1.82) is 0 Å². The number of rotatable bonds is 3. The van der Waals surface area contributed by atoms with Crippen LogP contribution in [0.15, 0.2) is 54.6 Å². The van der Waals surface area contributed by atoms with Crippen LogP contribution in [0, 0.1) is 0 Å². The minimum absolute atomic E-state index is 0.651. The Bertz CT molecular complexity index is 582. The van der Waals surface area contributed by atoms with E-state index in [1.165, 1.54) is 11.1 Å². The summed E-state index contributed by atoms with van der Waals surface area (Å²) in [6, 6.07) is 18.8. The summed E-state index contributed by atoms with van der Waals surface area (Å²) in [5.41, 5.74) is 3.49. The standard InChI is InChI=1S/C18H21NO2/c1-19-12-13-21-18(14-19,20-2)17-10-8-16(9-11-17)15-6-4-3-5-7-15/h3-11H,12-14H2,1-2H3. The molecule has 0 radical (unpaired) electrons. The van der Waals surface area contributed by atoms with Crippen molar-refractivity contribution in [3.05, 3.63) is 60.2 Å². The van der Waals surface area contributed by atoms with Crippen molar-refractivity contribution in [3.8, 4) is 11.1 Å². The van der Waals surface area contributed by atoms with Crippen molar-refractivity contribution in [3.63, 3.8) is 0 Å². The molecule has 0 N–H and O–H groups in total. The van der Waals surface area contributed by atoms with Gasteiger partial charge < -0.3 is 9.47 Å². The third kappa shape index (κ3) is 2.86. The van der Waals surface area contributed by atoms with Crippen LogP contribution in [-0.4, -0.2) is 38.8 Å². The molecule has 0 aliphatic carbocycles. The first kappa shape index (κ1) is 14.3. The molecule has 0 saturated carbocycles. The van der Waals surface area contributed by atoms with Gasteiger partial charge in [0.05, 0.1) is 13.2 Å². The second kappa shape index (κ2) is 5.98. The summed E-state index contributed by atoms with van der Waals surface area (Å²) in [4.78, 5) is 2.23. The molecule has 1 aliphatic rings. The van der Waals surface area contributed by atoms with E-state index >= 15 is 0 Å². The largest absolute Gasteiger partial charge is 0.348 e. The zero-order valence-corrected chi connectivity index (χ0v) is 12.6. The highest BCUT2D eigenvalue weighted by atomic mass is 16.7. The molecule has 1 atom stereocenters. The number of morpholine rings is 1. The first-order valence-corrected chi connectivity index (χ1v) is 7.27. The molecule has 3 rings (SSSR count). The van der Waals surface area contributed by atoms with Gasteiger partial charge in [-0.1, -0.05) is 54.6 Å². The summed E-state index contributed by atoms with van der Waals surface area (Å²) >= 11 is 0. The predicted octanol–water partition coefficient (Wildman–Crippen LogP) is 3.11. The summed E-state index contributed by atoms with van der Waals surface area (Å²) in [5, 5.41) is 0. The normalized spacial score (nSPS) is 23.1. The molecule has 110 valence electrons. The average Bonchev–Trinajstić information content (AvgIpc) is 2.56. The van der Waals surface area contributed by atoms with Gasteiger partial charge in [0.1, 0.15) is 0 Å². The number of likely N-dealkylation sites (N-methyl/N-ethyl adjacent to an activating group) is 1. The molecule has 1 fully saturated rings. The maximum absolute atomic E-state index is 5.95. The summed E-state index contributed by atoms with van der Waals surface area (Å²) in [7, 11) is 3.80. The van der Waals surface area contributed by atoms with Gasteiger partial charge in [0.15, 0.2) is 0 Å². The molecular weight excluding hydrogens is 262 g/mol. The van der Waals surface area contributed by atoms with E-state index in [4.69, 9.17) is 9.47 Å². The van der Waals surface area contributed by atoms with Crippen LogP contribution in [0.5, 0.6) is 0 Å². The van der Waals surface area contributed by atoms with E-state index in [0.717, 1.165) is 18.7 Å². The summed E-state index contributed by atoms with van der Waals surface area (Å²) in [6.07, 6.45) is 0. The molecule has 1 heterocycles. The molecule has 1 unspecified atom stereocenters. The van der Waals surface area contributed by atoms with Crippen molar-refractivity contribution in [1.82, 2.24) is 4.90 Å². The van der Waals surface area contributed by atoms with Gasteiger partial charge in [-0.2, -0.15) is 0 Å². The molecule has 1 saturated heterocycles. The number of methoxy groups -OCH3 is 1. The van der Waals surface area contributed by atoms with E-state index in [-0.39, 0.29) is 0 Å². The van der Waals surface area contributed by atoms with Gasteiger partial charge in [-0.25, -0.2) is 0 Å². The number of ether oxygens (including phenoxy) is 2. The number of hydrogen-bond acceptors (Lipinski definition) is 3. The van der Waals surface area contributed by atoms with E-state index in [9.17, 15) is 0 Å². The number of benzene rings is 2. The molecule has 2 aromatic rings. The SMILES string of the molecule is COC1(c2ccc(-c3ccccc3)cc2)CN(C)CCO1. The number of nitrogens with zero attached hydrogens (tertiary/aromatic N) is 1. The Balaban J connectivity index is 1.89. The summed E-state index contributed by atoms with van der Waals surface area (Å²) < 4.78 is 11.7. The van der Waals surface area contributed by atoms with Crippen molar-refractivity contribution in [2.24, 2.45) is 0 Å². The minimum Gasteiger partial charge on any atom is -0.348 e. The van der Waals surface area contributed by atoms with E-state index in [2.05, 4.69) is 60.5 Å². The van der Waals surface area contributed by atoms with E-state index in [1.807, 2.05) is 6.07 Å². The fourth-order valence-corrected chi connectivity index (χ4v) is 2.81. The van der Waals surface area contributed by atoms with Crippen LogP contribution in [0.4, 0.5) is 0 Å². The average molecular weight is 283 g/mol. The van der Waals surface area contributed by atoms with Crippen molar-refractivity contribution >= 4 is 0 Å². The summed E-state index contributed by atoms with van der Waals surface area (Å²) in [5.74, 6) is -0.651. The molecule has 0 aromatic heterocycles. The van der Waals surface area contributed by atoms with Crippen LogP contribution >= 0.6 is 0 Å². The monoisotopic (exact) mass is 283 g/mol. The second-order valence-electron chi connectivity index (χ2n) is 5.49. The van der Waals surface area contributed by atoms with Gasteiger partial charge in [-0.05, 0) is 18.2 Å². The van der Waals surface area contributed by atoms with Gasteiger partial charge in [0, 0.05) is 19.2 Å². The second-order valence-corrected chi connectivity index (χ2v) is 5.49. The quantitative estimate of drug-likeness (QED) is 0.864. The van der Waals surface area contributed by atoms with Crippen molar-refractivity contribution in [2.75, 3.05) is 33.9 Å². The maximum Gasteiger partial charge on any atom is 0.207 e. The van der Waals surface area contributed by atoms with Gasteiger partial charge in [0.2, 0.25) is 5.79 Å². The molecular formula is C18H21NO2. The van der Waals surface area contributed by atoms with E-state index in [0.29, 0.717) is 6.61 Å². The highest BCUT2D eigenvalue weighted by Crippen LogP contribution is 2.31. The third-order valence-corrected chi connectivity index (χ3v) is 4.05. The van der Waals surface area contributed by atoms with Gasteiger partial charge in [0.25, 0.3) is 0 Å². The van der Waals surface area contributed by atoms with Crippen LogP contribution in [-0.2, 0) is 15.3 Å². The van der Waals surface area contributed by atoms with Gasteiger partial charge in [-0.3, -0.25) is 4.90 Å². The maximum atomic E-state index is 5.95. The smallest absolute Gasteiger partial charge is 0.207 e. The molecule has 3 heteroatoms. The fourth-order valence-electron chi connectivity index (χ4n) is 2.81.